The van der Waals surface area contributed by atoms with Crippen LogP contribution < -0.4 is 0 Å². The molecule has 1 atom stereocenters. The summed E-state index contributed by atoms with van der Waals surface area (Å²) in [5, 5.41) is 4.09. The van der Waals surface area contributed by atoms with Gasteiger partial charge in [0, 0.05) is 32.0 Å². The van der Waals surface area contributed by atoms with E-state index >= 15 is 0 Å². The first-order valence-corrected chi connectivity index (χ1v) is 10.4. The number of aromatic nitrogens is 2. The minimum absolute atomic E-state index is 0.0128. The molecule has 26 heavy (non-hydrogen) atoms. The Morgan fingerprint density at radius 1 is 1.31 bits per heavy atom. The molecule has 1 aromatic heterocycles. The lowest BCUT2D eigenvalue weighted by molar-refractivity contribution is 0.00318. The van der Waals surface area contributed by atoms with Crippen LogP contribution in [-0.4, -0.2) is 62.7 Å². The number of likely N-dealkylation sites (tertiary alicyclic amines) is 1. The van der Waals surface area contributed by atoms with Gasteiger partial charge in [0.25, 0.3) is 5.91 Å². The number of hydrogen-bond donors (Lipinski definition) is 0. The van der Waals surface area contributed by atoms with E-state index in [1.807, 2.05) is 9.80 Å². The van der Waals surface area contributed by atoms with Crippen molar-refractivity contribution in [1.29, 1.82) is 0 Å². The molecule has 0 N–H and O–H groups in total. The summed E-state index contributed by atoms with van der Waals surface area (Å²) in [4.78, 5) is 29.5. The molecule has 0 bridgehead atoms. The number of piperidine rings is 1. The largest absolute Gasteiger partial charge is 0.441 e. The second-order valence-corrected chi connectivity index (χ2v) is 8.16. The number of rotatable bonds is 6. The van der Waals surface area contributed by atoms with E-state index in [0.717, 1.165) is 31.4 Å². The highest BCUT2D eigenvalue weighted by Gasteiger charge is 2.48. The van der Waals surface area contributed by atoms with Crippen LogP contribution in [0, 0.1) is 0 Å². The third kappa shape index (κ3) is 3.70. The topological polar surface area (TPSA) is 75.6 Å². The molecular formula is C18H28N4O3S. The first-order chi connectivity index (χ1) is 12.5. The molecule has 2 aliphatic heterocycles. The van der Waals surface area contributed by atoms with Crippen molar-refractivity contribution in [2.75, 3.05) is 19.6 Å². The molecule has 8 heteroatoms. The second-order valence-electron chi connectivity index (χ2n) is 7.41. The lowest BCUT2D eigenvalue weighted by atomic mass is 9.90. The van der Waals surface area contributed by atoms with E-state index in [1.54, 1.807) is 0 Å². The van der Waals surface area contributed by atoms with Crippen LogP contribution in [0.5, 0.6) is 0 Å². The van der Waals surface area contributed by atoms with Gasteiger partial charge in [-0.1, -0.05) is 31.2 Å². The minimum atomic E-state index is -0.436. The van der Waals surface area contributed by atoms with Gasteiger partial charge in [-0.3, -0.25) is 4.79 Å². The molecule has 2 fully saturated rings. The minimum Gasteiger partial charge on any atom is -0.441 e. The van der Waals surface area contributed by atoms with E-state index in [-0.39, 0.29) is 18.0 Å². The molecule has 0 aromatic carbocycles. The van der Waals surface area contributed by atoms with E-state index in [1.165, 1.54) is 11.5 Å². The quantitative estimate of drug-likeness (QED) is 0.758. The molecule has 1 aromatic rings. The summed E-state index contributed by atoms with van der Waals surface area (Å²) in [6.45, 7) is 8.11. The third-order valence-electron chi connectivity index (χ3n) is 5.43. The van der Waals surface area contributed by atoms with E-state index in [0.29, 0.717) is 37.4 Å². The van der Waals surface area contributed by atoms with Crippen LogP contribution in [-0.2, 0) is 11.2 Å². The van der Waals surface area contributed by atoms with Crippen molar-refractivity contribution in [3.63, 3.8) is 0 Å². The SMILES string of the molecule is CCCc1nnsc1C(=O)N1CCC2(CC1)CN([C@@H](C)CCC)C(=O)O2. The standard InChI is InChI=1S/C18H28N4O3S/c1-4-6-13(3)22-12-18(25-17(22)24)8-10-21(11-9-18)16(23)15-14(7-5-2)19-20-26-15/h13H,4-12H2,1-3H3/t13-/m0/s1. The Bertz CT molecular complexity index is 655. The van der Waals surface area contributed by atoms with Crippen molar-refractivity contribution in [1.82, 2.24) is 19.4 Å². The number of aryl methyl sites for hydroxylation is 1. The lowest BCUT2D eigenvalue weighted by Crippen LogP contribution is -2.49. The Labute approximate surface area is 158 Å². The zero-order valence-corrected chi connectivity index (χ0v) is 16.7. The monoisotopic (exact) mass is 380 g/mol. The molecule has 1 spiro atoms. The molecule has 0 radical (unpaired) electrons. The smallest absolute Gasteiger partial charge is 0.410 e. The van der Waals surface area contributed by atoms with Gasteiger partial charge in [0.1, 0.15) is 10.5 Å². The maximum Gasteiger partial charge on any atom is 0.410 e. The molecule has 0 unspecified atom stereocenters. The fraction of sp³-hybridized carbons (Fsp3) is 0.778. The highest BCUT2D eigenvalue weighted by Crippen LogP contribution is 2.35. The van der Waals surface area contributed by atoms with E-state index in [4.69, 9.17) is 4.74 Å². The van der Waals surface area contributed by atoms with Gasteiger partial charge in [-0.25, -0.2) is 4.79 Å². The molecule has 2 amide bonds. The van der Waals surface area contributed by atoms with Crippen molar-refractivity contribution in [3.8, 4) is 0 Å². The first kappa shape index (κ1) is 19.1. The Morgan fingerprint density at radius 2 is 2.04 bits per heavy atom. The van der Waals surface area contributed by atoms with Gasteiger partial charge in [0.05, 0.1) is 12.2 Å². The lowest BCUT2D eigenvalue weighted by Gasteiger charge is -2.37. The maximum atomic E-state index is 12.8. The molecule has 3 heterocycles. The molecule has 0 saturated carbocycles. The van der Waals surface area contributed by atoms with Gasteiger partial charge in [-0.05, 0) is 31.3 Å². The Morgan fingerprint density at radius 3 is 2.69 bits per heavy atom. The molecule has 0 aliphatic carbocycles. The van der Waals surface area contributed by atoms with Crippen LogP contribution in [0.2, 0.25) is 0 Å². The predicted octanol–water partition coefficient (Wildman–Crippen LogP) is 3.11. The Hall–Kier alpha value is -1.70. The summed E-state index contributed by atoms with van der Waals surface area (Å²) in [5.41, 5.74) is 0.364. The molecule has 144 valence electrons. The zero-order valence-electron chi connectivity index (χ0n) is 15.9. The average Bonchev–Trinajstić information content (AvgIpc) is 3.20. The number of nitrogens with zero attached hydrogens (tertiary/aromatic N) is 4. The second kappa shape index (κ2) is 7.90. The van der Waals surface area contributed by atoms with Gasteiger partial charge in [0.2, 0.25) is 0 Å². The first-order valence-electron chi connectivity index (χ1n) is 9.59. The maximum absolute atomic E-state index is 12.8. The van der Waals surface area contributed by atoms with Crippen molar-refractivity contribution >= 4 is 23.5 Å². The molecule has 7 nitrogen and oxygen atoms in total. The zero-order chi connectivity index (χ0) is 18.7. The number of carbonyl (C=O) groups is 2. The van der Waals surface area contributed by atoms with E-state index in [2.05, 4.69) is 30.4 Å². The van der Waals surface area contributed by atoms with Crippen LogP contribution >= 0.6 is 11.5 Å². The van der Waals surface area contributed by atoms with Crippen molar-refractivity contribution in [2.24, 2.45) is 0 Å². The van der Waals surface area contributed by atoms with Gasteiger partial charge in [-0.15, -0.1) is 5.10 Å². The Balaban J connectivity index is 1.61. The van der Waals surface area contributed by atoms with Crippen molar-refractivity contribution in [2.45, 2.75) is 70.9 Å². The van der Waals surface area contributed by atoms with Crippen LogP contribution in [0.15, 0.2) is 0 Å². The summed E-state index contributed by atoms with van der Waals surface area (Å²) in [6, 6.07) is 0.200. The summed E-state index contributed by atoms with van der Waals surface area (Å²) in [5.74, 6) is 0.0128. The number of carbonyl (C=O) groups excluding carboxylic acids is 2. The highest BCUT2D eigenvalue weighted by molar-refractivity contribution is 7.08. The summed E-state index contributed by atoms with van der Waals surface area (Å²) in [7, 11) is 0. The number of hydrogen-bond acceptors (Lipinski definition) is 6. The summed E-state index contributed by atoms with van der Waals surface area (Å²) >= 11 is 1.18. The van der Waals surface area contributed by atoms with Crippen molar-refractivity contribution in [3.05, 3.63) is 10.6 Å². The Kier molecular flexibility index (Phi) is 5.79. The summed E-state index contributed by atoms with van der Waals surface area (Å²) in [6.07, 6.45) is 4.91. The van der Waals surface area contributed by atoms with Crippen LogP contribution in [0.4, 0.5) is 4.79 Å². The third-order valence-corrected chi connectivity index (χ3v) is 6.19. The van der Waals surface area contributed by atoms with E-state index in [9.17, 15) is 9.59 Å². The molecule has 3 rings (SSSR count). The van der Waals surface area contributed by atoms with E-state index < -0.39 is 5.60 Å². The van der Waals surface area contributed by atoms with Crippen molar-refractivity contribution < 1.29 is 14.3 Å². The molecular weight excluding hydrogens is 352 g/mol. The normalized spacial score (nSPS) is 20.5. The molecule has 2 saturated heterocycles. The number of amides is 2. The fourth-order valence-corrected chi connectivity index (χ4v) is 4.53. The predicted molar refractivity (Wildman–Crippen MR) is 99.3 cm³/mol. The number of ether oxygens (including phenoxy) is 1. The van der Waals surface area contributed by atoms with Crippen LogP contribution in [0.3, 0.4) is 0 Å². The van der Waals surface area contributed by atoms with Gasteiger partial charge >= 0.3 is 6.09 Å². The van der Waals surface area contributed by atoms with Crippen LogP contribution in [0.1, 0.15) is 68.2 Å². The van der Waals surface area contributed by atoms with Gasteiger partial charge in [-0.2, -0.15) is 0 Å². The fourth-order valence-electron chi connectivity index (χ4n) is 3.85. The van der Waals surface area contributed by atoms with Gasteiger partial charge in [0.15, 0.2) is 0 Å². The molecule has 2 aliphatic rings. The average molecular weight is 381 g/mol. The highest BCUT2D eigenvalue weighted by atomic mass is 32.1. The summed E-state index contributed by atoms with van der Waals surface area (Å²) < 4.78 is 9.73. The van der Waals surface area contributed by atoms with Crippen LogP contribution in [0.25, 0.3) is 0 Å². The van der Waals surface area contributed by atoms with Gasteiger partial charge < -0.3 is 14.5 Å².